The van der Waals surface area contributed by atoms with Crippen LogP contribution in [0.25, 0.3) is 0 Å². The van der Waals surface area contributed by atoms with Crippen LogP contribution >= 0.6 is 11.6 Å². The molecule has 2 amide bonds. The lowest BCUT2D eigenvalue weighted by atomic mass is 10.2. The molecule has 0 saturated heterocycles. The molecule has 0 heterocycles. The Hall–Kier alpha value is -3.31. The molecule has 0 fully saturated rings. The number of ether oxygens (including phenoxy) is 1. The highest BCUT2D eigenvalue weighted by Gasteiger charge is 2.13. The van der Waals surface area contributed by atoms with Crippen LogP contribution in [0, 0.1) is 0 Å². The van der Waals surface area contributed by atoms with E-state index in [9.17, 15) is 9.59 Å². The molecule has 27 heavy (non-hydrogen) atoms. The largest absolute Gasteiger partial charge is 0.488 e. The molecule has 3 aromatic rings. The van der Waals surface area contributed by atoms with Crippen molar-refractivity contribution in [2.24, 2.45) is 0 Å². The van der Waals surface area contributed by atoms with Crippen molar-refractivity contribution >= 4 is 23.4 Å². The third kappa shape index (κ3) is 5.09. The van der Waals surface area contributed by atoms with E-state index in [4.69, 9.17) is 16.3 Å². The van der Waals surface area contributed by atoms with Crippen LogP contribution in [-0.4, -0.2) is 11.8 Å². The van der Waals surface area contributed by atoms with Crippen molar-refractivity contribution in [3.63, 3.8) is 0 Å². The van der Waals surface area contributed by atoms with Crippen LogP contribution in [0.1, 0.15) is 26.3 Å². The van der Waals surface area contributed by atoms with Gasteiger partial charge in [0.05, 0.1) is 5.56 Å². The van der Waals surface area contributed by atoms with Gasteiger partial charge in [0.25, 0.3) is 11.8 Å². The molecular formula is C21H17ClN2O3. The highest BCUT2D eigenvalue weighted by molar-refractivity contribution is 6.30. The summed E-state index contributed by atoms with van der Waals surface area (Å²) in [5.41, 5.74) is 6.49. The summed E-state index contributed by atoms with van der Waals surface area (Å²) >= 11 is 5.87. The summed E-state index contributed by atoms with van der Waals surface area (Å²) in [5.74, 6) is -0.451. The van der Waals surface area contributed by atoms with Gasteiger partial charge in [-0.25, -0.2) is 0 Å². The average Bonchev–Trinajstić information content (AvgIpc) is 2.72. The van der Waals surface area contributed by atoms with Crippen LogP contribution in [0.5, 0.6) is 5.75 Å². The van der Waals surface area contributed by atoms with Gasteiger partial charge in [-0.15, -0.1) is 0 Å². The van der Waals surface area contributed by atoms with Gasteiger partial charge < -0.3 is 4.74 Å². The first-order chi connectivity index (χ1) is 13.1. The molecule has 0 atom stereocenters. The third-order valence-electron chi connectivity index (χ3n) is 3.76. The summed E-state index contributed by atoms with van der Waals surface area (Å²) in [7, 11) is 0. The van der Waals surface area contributed by atoms with Gasteiger partial charge in [0.15, 0.2) is 0 Å². The zero-order chi connectivity index (χ0) is 19.1. The number of amides is 2. The molecule has 136 valence electrons. The van der Waals surface area contributed by atoms with Crippen molar-refractivity contribution in [1.82, 2.24) is 10.9 Å². The van der Waals surface area contributed by atoms with Crippen molar-refractivity contribution in [1.29, 1.82) is 0 Å². The maximum absolute atomic E-state index is 12.4. The summed E-state index contributed by atoms with van der Waals surface area (Å²) in [5, 5.41) is 0.646. The number of carbonyl (C=O) groups excluding carboxylic acids is 2. The highest BCUT2D eigenvalue weighted by Crippen LogP contribution is 2.20. The molecule has 5 nitrogen and oxygen atoms in total. The second kappa shape index (κ2) is 8.87. The van der Waals surface area contributed by atoms with Crippen LogP contribution in [0.4, 0.5) is 0 Å². The number of nitrogens with one attached hydrogen (secondary N) is 2. The smallest absolute Gasteiger partial charge is 0.273 e. The van der Waals surface area contributed by atoms with Crippen molar-refractivity contribution in [3.05, 3.63) is 101 Å². The van der Waals surface area contributed by atoms with Gasteiger partial charge in [-0.2, -0.15) is 0 Å². The molecule has 0 spiro atoms. The summed E-state index contributed by atoms with van der Waals surface area (Å²) in [6, 6.07) is 22.7. The van der Waals surface area contributed by atoms with Gasteiger partial charge in [0.1, 0.15) is 12.4 Å². The monoisotopic (exact) mass is 380 g/mol. The average molecular weight is 381 g/mol. The van der Waals surface area contributed by atoms with E-state index < -0.39 is 11.8 Å². The summed E-state index contributed by atoms with van der Waals surface area (Å²) < 4.78 is 5.76. The standard InChI is InChI=1S/C21H17ClN2O3/c22-17-12-10-15(11-13-17)14-27-19-9-5-4-8-18(19)21(26)24-23-20(25)16-6-2-1-3-7-16/h1-13H,14H2,(H,23,25)(H,24,26). The van der Waals surface area contributed by atoms with Crippen LogP contribution in [0.2, 0.25) is 5.02 Å². The van der Waals surface area contributed by atoms with E-state index in [0.717, 1.165) is 5.56 Å². The van der Waals surface area contributed by atoms with Crippen molar-refractivity contribution in [2.45, 2.75) is 6.61 Å². The normalized spacial score (nSPS) is 10.1. The molecule has 0 aliphatic rings. The molecule has 0 unspecified atom stereocenters. The minimum atomic E-state index is -0.467. The summed E-state index contributed by atoms with van der Waals surface area (Å²) in [4.78, 5) is 24.5. The Morgan fingerprint density at radius 3 is 2.15 bits per heavy atom. The predicted octanol–water partition coefficient (Wildman–Crippen LogP) is 3.99. The maximum Gasteiger partial charge on any atom is 0.273 e. The predicted molar refractivity (Wildman–Crippen MR) is 104 cm³/mol. The first-order valence-electron chi connectivity index (χ1n) is 8.25. The number of benzene rings is 3. The lowest BCUT2D eigenvalue weighted by molar-refractivity contribution is 0.0844. The lowest BCUT2D eigenvalue weighted by Gasteiger charge is -2.12. The number of hydrogen-bond acceptors (Lipinski definition) is 3. The number of halogens is 1. The zero-order valence-corrected chi connectivity index (χ0v) is 15.1. The second-order valence-electron chi connectivity index (χ2n) is 5.69. The number of carbonyl (C=O) groups is 2. The van der Waals surface area contributed by atoms with Crippen molar-refractivity contribution in [3.8, 4) is 5.75 Å². The number of hydrazine groups is 1. The molecule has 0 radical (unpaired) electrons. The second-order valence-corrected chi connectivity index (χ2v) is 6.12. The van der Waals surface area contributed by atoms with Crippen LogP contribution < -0.4 is 15.6 Å². The maximum atomic E-state index is 12.4. The number of rotatable bonds is 5. The van der Waals surface area contributed by atoms with Gasteiger partial charge in [-0.1, -0.05) is 54.1 Å². The first kappa shape index (κ1) is 18.5. The molecule has 0 bridgehead atoms. The Balaban J connectivity index is 1.63. The Labute approximate surface area is 161 Å². The fraction of sp³-hybridized carbons (Fsp3) is 0.0476. The van der Waals surface area contributed by atoms with E-state index >= 15 is 0 Å². The molecular weight excluding hydrogens is 364 g/mol. The SMILES string of the molecule is O=C(NNC(=O)c1ccccc1OCc1ccc(Cl)cc1)c1ccccc1. The van der Waals surface area contributed by atoms with Gasteiger partial charge in [-0.05, 0) is 42.0 Å². The van der Waals surface area contributed by atoms with E-state index in [0.29, 0.717) is 21.9 Å². The van der Waals surface area contributed by atoms with Gasteiger partial charge in [0, 0.05) is 10.6 Å². The Bertz CT molecular complexity index is 928. The lowest BCUT2D eigenvalue weighted by Crippen LogP contribution is -2.41. The van der Waals surface area contributed by atoms with Crippen molar-refractivity contribution in [2.75, 3.05) is 0 Å². The third-order valence-corrected chi connectivity index (χ3v) is 4.02. The number of hydrogen-bond donors (Lipinski definition) is 2. The molecule has 6 heteroatoms. The highest BCUT2D eigenvalue weighted by atomic mass is 35.5. The minimum Gasteiger partial charge on any atom is -0.488 e. The quantitative estimate of drug-likeness (QED) is 0.657. The topological polar surface area (TPSA) is 67.4 Å². The Morgan fingerprint density at radius 1 is 0.778 bits per heavy atom. The van der Waals surface area contributed by atoms with E-state index in [-0.39, 0.29) is 6.61 Å². The molecule has 0 saturated carbocycles. The minimum absolute atomic E-state index is 0.290. The molecule has 0 aliphatic heterocycles. The molecule has 3 rings (SSSR count). The Morgan fingerprint density at radius 2 is 1.41 bits per heavy atom. The zero-order valence-electron chi connectivity index (χ0n) is 14.3. The summed E-state index contributed by atoms with van der Waals surface area (Å²) in [6.07, 6.45) is 0. The molecule has 0 aliphatic carbocycles. The van der Waals surface area contributed by atoms with E-state index in [1.807, 2.05) is 18.2 Å². The van der Waals surface area contributed by atoms with Crippen LogP contribution in [0.3, 0.4) is 0 Å². The molecule has 2 N–H and O–H groups in total. The fourth-order valence-electron chi connectivity index (χ4n) is 2.36. The molecule has 3 aromatic carbocycles. The van der Waals surface area contributed by atoms with E-state index in [1.165, 1.54) is 0 Å². The van der Waals surface area contributed by atoms with Crippen LogP contribution in [-0.2, 0) is 6.61 Å². The van der Waals surface area contributed by atoms with Gasteiger partial charge in [0.2, 0.25) is 0 Å². The van der Waals surface area contributed by atoms with E-state index in [1.54, 1.807) is 60.7 Å². The summed E-state index contributed by atoms with van der Waals surface area (Å²) in [6.45, 7) is 0.290. The number of para-hydroxylation sites is 1. The molecule has 0 aromatic heterocycles. The Kier molecular flexibility index (Phi) is 6.07. The van der Waals surface area contributed by atoms with Gasteiger partial charge >= 0.3 is 0 Å². The fourth-order valence-corrected chi connectivity index (χ4v) is 2.49. The van der Waals surface area contributed by atoms with Gasteiger partial charge in [-0.3, -0.25) is 20.4 Å². The first-order valence-corrected chi connectivity index (χ1v) is 8.63. The van der Waals surface area contributed by atoms with E-state index in [2.05, 4.69) is 10.9 Å². The van der Waals surface area contributed by atoms with Crippen LogP contribution in [0.15, 0.2) is 78.9 Å². The van der Waals surface area contributed by atoms with Crippen molar-refractivity contribution < 1.29 is 14.3 Å².